The Labute approximate surface area is 170 Å². The zero-order valence-electron chi connectivity index (χ0n) is 16.1. The Morgan fingerprint density at radius 3 is 2.68 bits per heavy atom. The summed E-state index contributed by atoms with van der Waals surface area (Å²) in [7, 11) is 1.87. The Morgan fingerprint density at radius 2 is 2.00 bits per heavy atom. The maximum Gasteiger partial charge on any atom is 0.249 e. The summed E-state index contributed by atoms with van der Waals surface area (Å²) < 4.78 is 1.75. The molecule has 3 atom stereocenters. The van der Waals surface area contributed by atoms with Gasteiger partial charge in [0, 0.05) is 44.5 Å². The summed E-state index contributed by atoms with van der Waals surface area (Å²) in [5, 5.41) is 10.5. The number of hydrogen-bond donors (Lipinski definition) is 2. The van der Waals surface area contributed by atoms with Gasteiger partial charge in [-0.3, -0.25) is 14.3 Å². The average Bonchev–Trinajstić information content (AvgIpc) is 3.37. The van der Waals surface area contributed by atoms with E-state index in [-0.39, 0.29) is 36.1 Å². The fraction of sp³-hybridized carbons (Fsp3) is 0.450. The molecule has 0 spiro atoms. The van der Waals surface area contributed by atoms with Crippen LogP contribution >= 0.6 is 12.4 Å². The zero-order valence-corrected chi connectivity index (χ0v) is 16.9. The predicted molar refractivity (Wildman–Crippen MR) is 110 cm³/mol. The van der Waals surface area contributed by atoms with Crippen LogP contribution in [0.5, 0.6) is 0 Å². The van der Waals surface area contributed by atoms with Gasteiger partial charge in [0.1, 0.15) is 6.04 Å². The highest BCUT2D eigenvalue weighted by Gasteiger charge is 2.39. The number of anilines is 1. The van der Waals surface area contributed by atoms with Crippen LogP contribution in [-0.2, 0) is 16.6 Å². The molecule has 28 heavy (non-hydrogen) atoms. The van der Waals surface area contributed by atoms with Crippen molar-refractivity contribution in [2.24, 2.45) is 13.0 Å². The fourth-order valence-corrected chi connectivity index (χ4v) is 4.01. The van der Waals surface area contributed by atoms with E-state index in [2.05, 4.69) is 15.7 Å². The second-order valence-corrected chi connectivity index (χ2v) is 7.49. The Hall–Kier alpha value is -2.38. The molecule has 150 valence electrons. The van der Waals surface area contributed by atoms with E-state index in [0.29, 0.717) is 19.5 Å². The number of carbonyl (C=O) groups excluding carboxylic acids is 2. The van der Waals surface area contributed by atoms with Crippen molar-refractivity contribution < 1.29 is 9.59 Å². The minimum atomic E-state index is -0.450. The first-order valence-electron chi connectivity index (χ1n) is 9.40. The summed E-state index contributed by atoms with van der Waals surface area (Å²) in [6, 6.07) is 7.45. The quantitative estimate of drug-likeness (QED) is 0.808. The van der Waals surface area contributed by atoms with Crippen LogP contribution in [0, 0.1) is 12.8 Å². The molecule has 0 saturated carbocycles. The van der Waals surface area contributed by atoms with Gasteiger partial charge in [0.25, 0.3) is 0 Å². The Bertz CT molecular complexity index is 851. The number of aromatic nitrogens is 2. The minimum absolute atomic E-state index is 0. The SMILES string of the molecule is Cc1ccc(N2CCC(NC(=O)[C@H]3CNC[C@@H]3c3cnn(C)c3)C2=O)cc1.Cl. The molecule has 7 nitrogen and oxygen atoms in total. The van der Waals surface area contributed by atoms with E-state index < -0.39 is 6.04 Å². The van der Waals surface area contributed by atoms with Crippen LogP contribution in [0.3, 0.4) is 0 Å². The zero-order chi connectivity index (χ0) is 19.0. The molecular weight excluding hydrogens is 378 g/mol. The van der Waals surface area contributed by atoms with Gasteiger partial charge < -0.3 is 15.5 Å². The largest absolute Gasteiger partial charge is 0.344 e. The molecule has 0 radical (unpaired) electrons. The van der Waals surface area contributed by atoms with Gasteiger partial charge in [0.05, 0.1) is 12.1 Å². The van der Waals surface area contributed by atoms with Gasteiger partial charge in [0.15, 0.2) is 0 Å². The van der Waals surface area contributed by atoms with Gasteiger partial charge in [-0.2, -0.15) is 5.10 Å². The lowest BCUT2D eigenvalue weighted by molar-refractivity contribution is -0.129. The average molecular weight is 404 g/mol. The van der Waals surface area contributed by atoms with Crippen molar-refractivity contribution in [1.29, 1.82) is 0 Å². The van der Waals surface area contributed by atoms with Gasteiger partial charge in [-0.1, -0.05) is 17.7 Å². The molecule has 8 heteroatoms. The lowest BCUT2D eigenvalue weighted by Crippen LogP contribution is -2.45. The first kappa shape index (κ1) is 20.4. The molecule has 1 aromatic carbocycles. The van der Waals surface area contributed by atoms with Crippen molar-refractivity contribution in [3.8, 4) is 0 Å². The summed E-state index contributed by atoms with van der Waals surface area (Å²) in [5.41, 5.74) is 3.10. The maximum atomic E-state index is 12.9. The van der Waals surface area contributed by atoms with Crippen LogP contribution in [0.1, 0.15) is 23.5 Å². The van der Waals surface area contributed by atoms with E-state index in [1.807, 2.05) is 50.6 Å². The molecule has 1 aromatic heterocycles. The van der Waals surface area contributed by atoms with Crippen molar-refractivity contribution in [3.63, 3.8) is 0 Å². The third kappa shape index (κ3) is 3.91. The number of amides is 2. The number of rotatable bonds is 4. The molecule has 4 rings (SSSR count). The Kier molecular flexibility index (Phi) is 6.05. The molecule has 2 fully saturated rings. The molecule has 0 aliphatic carbocycles. The molecule has 1 unspecified atom stereocenters. The summed E-state index contributed by atoms with van der Waals surface area (Å²) in [5.74, 6) is -0.187. The van der Waals surface area contributed by atoms with Crippen molar-refractivity contribution >= 4 is 29.9 Å². The Balaban J connectivity index is 0.00000225. The van der Waals surface area contributed by atoms with Crippen molar-refractivity contribution in [3.05, 3.63) is 47.8 Å². The fourth-order valence-electron chi connectivity index (χ4n) is 4.01. The third-order valence-corrected chi connectivity index (χ3v) is 5.57. The molecule has 2 saturated heterocycles. The van der Waals surface area contributed by atoms with Crippen molar-refractivity contribution in [2.45, 2.75) is 25.3 Å². The maximum absolute atomic E-state index is 12.9. The smallest absolute Gasteiger partial charge is 0.249 e. The lowest BCUT2D eigenvalue weighted by Gasteiger charge is -2.20. The number of halogens is 1. The molecule has 2 aliphatic rings. The van der Waals surface area contributed by atoms with Crippen LogP contribution in [0.2, 0.25) is 0 Å². The van der Waals surface area contributed by atoms with Crippen molar-refractivity contribution in [1.82, 2.24) is 20.4 Å². The van der Waals surface area contributed by atoms with Gasteiger partial charge in [-0.05, 0) is 31.0 Å². The highest BCUT2D eigenvalue weighted by atomic mass is 35.5. The van der Waals surface area contributed by atoms with Crippen LogP contribution in [0.4, 0.5) is 5.69 Å². The minimum Gasteiger partial charge on any atom is -0.344 e. The number of nitrogens with one attached hydrogen (secondary N) is 2. The number of hydrogen-bond acceptors (Lipinski definition) is 4. The molecule has 3 heterocycles. The molecule has 2 aromatic rings. The number of carbonyl (C=O) groups is 2. The van der Waals surface area contributed by atoms with Crippen LogP contribution in [0.25, 0.3) is 0 Å². The van der Waals surface area contributed by atoms with E-state index >= 15 is 0 Å². The topological polar surface area (TPSA) is 79.3 Å². The third-order valence-electron chi connectivity index (χ3n) is 5.57. The molecule has 2 aliphatic heterocycles. The van der Waals surface area contributed by atoms with E-state index in [1.54, 1.807) is 9.58 Å². The highest BCUT2D eigenvalue weighted by Crippen LogP contribution is 2.29. The van der Waals surface area contributed by atoms with Gasteiger partial charge in [-0.15, -0.1) is 12.4 Å². The lowest BCUT2D eigenvalue weighted by atomic mass is 9.90. The van der Waals surface area contributed by atoms with Gasteiger partial charge in [0.2, 0.25) is 11.8 Å². The first-order chi connectivity index (χ1) is 13.0. The Morgan fingerprint density at radius 1 is 1.25 bits per heavy atom. The molecule has 2 amide bonds. The number of aryl methyl sites for hydroxylation is 2. The second kappa shape index (κ2) is 8.32. The van der Waals surface area contributed by atoms with Gasteiger partial charge in [-0.25, -0.2) is 0 Å². The normalized spacial score (nSPS) is 24.3. The molecular formula is C20H26ClN5O2. The van der Waals surface area contributed by atoms with Crippen molar-refractivity contribution in [2.75, 3.05) is 24.5 Å². The monoisotopic (exact) mass is 403 g/mol. The van der Waals surface area contributed by atoms with Crippen LogP contribution in [-0.4, -0.2) is 47.3 Å². The molecule has 2 N–H and O–H groups in total. The standard InChI is InChI=1S/C20H25N5O2.ClH/c1-13-3-5-15(6-4-13)25-8-7-18(20(25)27)23-19(26)17-11-21-10-16(17)14-9-22-24(2)12-14;/h3-6,9,12,16-18,21H,7-8,10-11H2,1-2H3,(H,23,26);1H/t16-,17+,18?;/m1./s1. The van der Waals surface area contributed by atoms with E-state index in [4.69, 9.17) is 0 Å². The number of benzene rings is 1. The summed E-state index contributed by atoms with van der Waals surface area (Å²) >= 11 is 0. The second-order valence-electron chi connectivity index (χ2n) is 7.49. The van der Waals surface area contributed by atoms with E-state index in [0.717, 1.165) is 23.4 Å². The number of nitrogens with zero attached hydrogens (tertiary/aromatic N) is 3. The molecule has 0 bridgehead atoms. The van der Waals surface area contributed by atoms with E-state index in [9.17, 15) is 9.59 Å². The summed E-state index contributed by atoms with van der Waals surface area (Å²) in [6.07, 6.45) is 4.41. The highest BCUT2D eigenvalue weighted by molar-refractivity contribution is 6.01. The van der Waals surface area contributed by atoms with Gasteiger partial charge >= 0.3 is 0 Å². The van der Waals surface area contributed by atoms with Crippen LogP contribution < -0.4 is 15.5 Å². The van der Waals surface area contributed by atoms with Crippen LogP contribution in [0.15, 0.2) is 36.7 Å². The summed E-state index contributed by atoms with van der Waals surface area (Å²) in [4.78, 5) is 27.4. The first-order valence-corrected chi connectivity index (χ1v) is 9.40. The predicted octanol–water partition coefficient (Wildman–Crippen LogP) is 1.38. The summed E-state index contributed by atoms with van der Waals surface area (Å²) in [6.45, 7) is 4.01. The van der Waals surface area contributed by atoms with E-state index in [1.165, 1.54) is 0 Å².